The lowest BCUT2D eigenvalue weighted by Gasteiger charge is -2.30. The maximum Gasteiger partial charge on any atom is 0.351 e. The first-order chi connectivity index (χ1) is 14.0. The third kappa shape index (κ3) is 4.90. The molecule has 1 amide bonds. The Labute approximate surface area is 168 Å². The lowest BCUT2D eigenvalue weighted by molar-refractivity contribution is -0.160. The minimum absolute atomic E-state index is 0.254. The number of fused-ring (bicyclic) bond motifs is 1. The molecule has 154 valence electrons. The van der Waals surface area contributed by atoms with E-state index in [1.54, 1.807) is 50.4 Å². The first-order valence-electron chi connectivity index (χ1n) is 9.08. The molecular formula is C21H23NO7. The third-order valence-electron chi connectivity index (χ3n) is 4.36. The molecule has 8 heteroatoms. The van der Waals surface area contributed by atoms with E-state index in [9.17, 15) is 9.59 Å². The Morgan fingerprint density at radius 2 is 1.69 bits per heavy atom. The van der Waals surface area contributed by atoms with Gasteiger partial charge in [0.1, 0.15) is 6.10 Å². The molecule has 29 heavy (non-hydrogen) atoms. The van der Waals surface area contributed by atoms with E-state index in [1.807, 2.05) is 6.07 Å². The van der Waals surface area contributed by atoms with Gasteiger partial charge in [0.05, 0.1) is 14.2 Å². The zero-order valence-electron chi connectivity index (χ0n) is 16.5. The van der Waals surface area contributed by atoms with Crippen molar-refractivity contribution in [2.24, 2.45) is 0 Å². The van der Waals surface area contributed by atoms with Crippen LogP contribution in [0.5, 0.6) is 23.0 Å². The normalized spacial score (nSPS) is 17.2. The van der Waals surface area contributed by atoms with E-state index in [-0.39, 0.29) is 6.54 Å². The van der Waals surface area contributed by atoms with Crippen LogP contribution in [0.1, 0.15) is 12.5 Å². The molecule has 1 aliphatic rings. The van der Waals surface area contributed by atoms with Crippen molar-refractivity contribution in [2.75, 3.05) is 20.8 Å². The first-order valence-corrected chi connectivity index (χ1v) is 9.08. The van der Waals surface area contributed by atoms with Gasteiger partial charge in [-0.1, -0.05) is 18.2 Å². The monoisotopic (exact) mass is 401 g/mol. The number of esters is 1. The summed E-state index contributed by atoms with van der Waals surface area (Å²) in [5, 5.41) is 2.69. The number of amides is 1. The molecule has 0 aliphatic carbocycles. The second-order valence-corrected chi connectivity index (χ2v) is 6.38. The van der Waals surface area contributed by atoms with Gasteiger partial charge in [0.2, 0.25) is 6.10 Å². The van der Waals surface area contributed by atoms with Crippen molar-refractivity contribution in [3.63, 3.8) is 0 Å². The van der Waals surface area contributed by atoms with Gasteiger partial charge in [-0.3, -0.25) is 4.79 Å². The van der Waals surface area contributed by atoms with E-state index in [0.717, 1.165) is 5.56 Å². The highest BCUT2D eigenvalue weighted by Crippen LogP contribution is 2.33. The molecule has 0 saturated heterocycles. The summed E-state index contributed by atoms with van der Waals surface area (Å²) in [7, 11) is 3.09. The number of methoxy groups -OCH3 is 2. The number of benzene rings is 2. The van der Waals surface area contributed by atoms with E-state index in [4.69, 9.17) is 23.7 Å². The number of ether oxygens (including phenoxy) is 5. The van der Waals surface area contributed by atoms with Crippen LogP contribution in [0.3, 0.4) is 0 Å². The Balaban J connectivity index is 1.49. The van der Waals surface area contributed by atoms with Gasteiger partial charge >= 0.3 is 5.97 Å². The highest BCUT2D eigenvalue weighted by Gasteiger charge is 2.35. The lowest BCUT2D eigenvalue weighted by atomic mass is 10.2. The van der Waals surface area contributed by atoms with Gasteiger partial charge in [-0.2, -0.15) is 0 Å². The van der Waals surface area contributed by atoms with Crippen LogP contribution in [0.4, 0.5) is 0 Å². The van der Waals surface area contributed by atoms with Gasteiger partial charge in [0.25, 0.3) is 5.91 Å². The molecule has 1 N–H and O–H groups in total. The quantitative estimate of drug-likeness (QED) is 0.710. The Morgan fingerprint density at radius 1 is 1.00 bits per heavy atom. The van der Waals surface area contributed by atoms with Crippen LogP contribution in [0.15, 0.2) is 42.5 Å². The minimum atomic E-state index is -0.941. The van der Waals surface area contributed by atoms with Crippen LogP contribution >= 0.6 is 0 Å². The second kappa shape index (κ2) is 9.18. The van der Waals surface area contributed by atoms with E-state index >= 15 is 0 Å². The molecule has 0 fully saturated rings. The SMILES string of the molecule is COc1ccc(CNC(=O)COC(=O)C2Oc3ccccc3OC2C)cc1OC. The minimum Gasteiger partial charge on any atom is -0.493 e. The van der Waals surface area contributed by atoms with Crippen molar-refractivity contribution in [3.8, 4) is 23.0 Å². The number of rotatable bonds is 7. The van der Waals surface area contributed by atoms with Crippen LogP contribution in [-0.2, 0) is 20.9 Å². The van der Waals surface area contributed by atoms with E-state index in [1.165, 1.54) is 7.11 Å². The Bertz CT molecular complexity index is 883. The molecule has 2 aromatic carbocycles. The maximum atomic E-state index is 12.3. The summed E-state index contributed by atoms with van der Waals surface area (Å²) >= 11 is 0. The Hall–Kier alpha value is -3.42. The van der Waals surface area contributed by atoms with Crippen molar-refractivity contribution >= 4 is 11.9 Å². The zero-order chi connectivity index (χ0) is 20.8. The van der Waals surface area contributed by atoms with E-state index < -0.39 is 30.7 Å². The summed E-state index contributed by atoms with van der Waals surface area (Å²) in [6.07, 6.45) is -1.48. The predicted octanol–water partition coefficient (Wildman–Crippen LogP) is 2.09. The maximum absolute atomic E-state index is 12.3. The largest absolute Gasteiger partial charge is 0.493 e. The van der Waals surface area contributed by atoms with Gasteiger partial charge in [-0.05, 0) is 36.8 Å². The molecule has 1 heterocycles. The van der Waals surface area contributed by atoms with Gasteiger partial charge < -0.3 is 29.0 Å². The molecule has 3 rings (SSSR count). The molecule has 1 aliphatic heterocycles. The fraction of sp³-hybridized carbons (Fsp3) is 0.333. The van der Waals surface area contributed by atoms with Gasteiger partial charge in [0.15, 0.2) is 29.6 Å². The molecule has 0 spiro atoms. The van der Waals surface area contributed by atoms with Crippen molar-refractivity contribution < 1.29 is 33.3 Å². The molecule has 0 saturated carbocycles. The fourth-order valence-electron chi connectivity index (χ4n) is 2.84. The molecule has 2 atom stereocenters. The summed E-state index contributed by atoms with van der Waals surface area (Å²) in [5.41, 5.74) is 0.816. The number of nitrogens with one attached hydrogen (secondary N) is 1. The highest BCUT2D eigenvalue weighted by molar-refractivity contribution is 5.82. The Morgan fingerprint density at radius 3 is 2.38 bits per heavy atom. The van der Waals surface area contributed by atoms with E-state index in [0.29, 0.717) is 23.0 Å². The highest BCUT2D eigenvalue weighted by atomic mass is 16.6. The number of hydrogen-bond acceptors (Lipinski definition) is 7. The Kier molecular flexibility index (Phi) is 6.43. The summed E-state index contributed by atoms with van der Waals surface area (Å²) in [6.45, 7) is 1.54. The number of carbonyl (C=O) groups excluding carboxylic acids is 2. The van der Waals surface area contributed by atoms with Crippen LogP contribution in [0.2, 0.25) is 0 Å². The predicted molar refractivity (Wildman–Crippen MR) is 103 cm³/mol. The van der Waals surface area contributed by atoms with Crippen molar-refractivity contribution in [1.29, 1.82) is 0 Å². The van der Waals surface area contributed by atoms with Crippen LogP contribution in [-0.4, -0.2) is 44.9 Å². The lowest BCUT2D eigenvalue weighted by Crippen LogP contribution is -2.45. The standard InChI is InChI=1S/C21H23NO7/c1-13-20(29-17-7-5-4-6-16(17)28-13)21(24)27-12-19(23)22-11-14-8-9-15(25-2)18(10-14)26-3/h4-10,13,20H,11-12H2,1-3H3,(H,22,23). The van der Waals surface area contributed by atoms with Crippen molar-refractivity contribution in [1.82, 2.24) is 5.32 Å². The molecule has 0 aromatic heterocycles. The number of para-hydroxylation sites is 2. The van der Waals surface area contributed by atoms with E-state index in [2.05, 4.69) is 5.32 Å². The van der Waals surface area contributed by atoms with Crippen LogP contribution in [0, 0.1) is 0 Å². The first kappa shape index (κ1) is 20.3. The average molecular weight is 401 g/mol. The van der Waals surface area contributed by atoms with Crippen molar-refractivity contribution in [3.05, 3.63) is 48.0 Å². The molecule has 2 unspecified atom stereocenters. The molecule has 0 bridgehead atoms. The van der Waals surface area contributed by atoms with Crippen molar-refractivity contribution in [2.45, 2.75) is 25.7 Å². The third-order valence-corrected chi connectivity index (χ3v) is 4.36. The summed E-state index contributed by atoms with van der Waals surface area (Å²) in [5.74, 6) is 1.10. The number of hydrogen-bond donors (Lipinski definition) is 1. The van der Waals surface area contributed by atoms with Gasteiger partial charge in [-0.15, -0.1) is 0 Å². The number of carbonyl (C=O) groups is 2. The summed E-state index contributed by atoms with van der Waals surface area (Å²) in [6, 6.07) is 12.4. The topological polar surface area (TPSA) is 92.3 Å². The van der Waals surface area contributed by atoms with Crippen LogP contribution in [0.25, 0.3) is 0 Å². The fourth-order valence-corrected chi connectivity index (χ4v) is 2.84. The zero-order valence-corrected chi connectivity index (χ0v) is 16.5. The van der Waals surface area contributed by atoms with Crippen LogP contribution < -0.4 is 24.3 Å². The molecule has 8 nitrogen and oxygen atoms in total. The second-order valence-electron chi connectivity index (χ2n) is 6.38. The summed E-state index contributed by atoms with van der Waals surface area (Å²) < 4.78 is 26.8. The average Bonchev–Trinajstić information content (AvgIpc) is 2.75. The van der Waals surface area contributed by atoms with Gasteiger partial charge in [0, 0.05) is 6.54 Å². The van der Waals surface area contributed by atoms with Gasteiger partial charge in [-0.25, -0.2) is 4.79 Å². The molecule has 0 radical (unpaired) electrons. The smallest absolute Gasteiger partial charge is 0.351 e. The molecule has 2 aromatic rings. The summed E-state index contributed by atoms with van der Waals surface area (Å²) in [4.78, 5) is 24.4. The molecular weight excluding hydrogens is 378 g/mol.